The SMILES string of the molecule is CCN(CCOC)C(CN)c1cccc(Cl)c1F. The fourth-order valence-electron chi connectivity index (χ4n) is 1.99. The summed E-state index contributed by atoms with van der Waals surface area (Å²) in [6.07, 6.45) is 0. The first-order chi connectivity index (χ1) is 8.65. The van der Waals surface area contributed by atoms with Gasteiger partial charge in [-0.1, -0.05) is 30.7 Å². The van der Waals surface area contributed by atoms with Crippen molar-refractivity contribution in [1.82, 2.24) is 4.90 Å². The molecule has 3 nitrogen and oxygen atoms in total. The van der Waals surface area contributed by atoms with Gasteiger partial charge in [0, 0.05) is 25.8 Å². The average Bonchev–Trinajstić information content (AvgIpc) is 2.38. The molecule has 1 aromatic rings. The predicted molar refractivity (Wildman–Crippen MR) is 72.3 cm³/mol. The number of likely N-dealkylation sites (N-methyl/N-ethyl adjacent to an activating group) is 1. The molecule has 0 fully saturated rings. The Labute approximate surface area is 113 Å². The van der Waals surface area contributed by atoms with Crippen LogP contribution in [-0.4, -0.2) is 38.3 Å². The van der Waals surface area contributed by atoms with E-state index < -0.39 is 0 Å². The Hall–Kier alpha value is -0.680. The number of rotatable bonds is 7. The predicted octanol–water partition coefficient (Wildman–Crippen LogP) is 2.45. The van der Waals surface area contributed by atoms with Crippen molar-refractivity contribution < 1.29 is 9.13 Å². The van der Waals surface area contributed by atoms with E-state index in [0.717, 1.165) is 6.54 Å². The first-order valence-corrected chi connectivity index (χ1v) is 6.40. The number of hydrogen-bond acceptors (Lipinski definition) is 3. The number of benzene rings is 1. The van der Waals surface area contributed by atoms with Crippen LogP contribution in [0.3, 0.4) is 0 Å². The lowest BCUT2D eigenvalue weighted by Gasteiger charge is -2.30. The lowest BCUT2D eigenvalue weighted by Crippen LogP contribution is -2.36. The van der Waals surface area contributed by atoms with E-state index in [-0.39, 0.29) is 16.9 Å². The number of nitrogens with two attached hydrogens (primary N) is 1. The van der Waals surface area contributed by atoms with Crippen molar-refractivity contribution in [3.8, 4) is 0 Å². The van der Waals surface area contributed by atoms with Gasteiger partial charge in [0.1, 0.15) is 5.82 Å². The van der Waals surface area contributed by atoms with Crippen LogP contribution < -0.4 is 5.73 Å². The van der Waals surface area contributed by atoms with Crippen molar-refractivity contribution in [3.05, 3.63) is 34.6 Å². The third kappa shape index (κ3) is 3.65. The van der Waals surface area contributed by atoms with Crippen molar-refractivity contribution in [3.63, 3.8) is 0 Å². The highest BCUT2D eigenvalue weighted by Gasteiger charge is 2.21. The van der Waals surface area contributed by atoms with Gasteiger partial charge in [-0.15, -0.1) is 0 Å². The smallest absolute Gasteiger partial charge is 0.146 e. The topological polar surface area (TPSA) is 38.5 Å². The van der Waals surface area contributed by atoms with Crippen LogP contribution in [0.25, 0.3) is 0 Å². The quantitative estimate of drug-likeness (QED) is 0.830. The zero-order valence-corrected chi connectivity index (χ0v) is 11.6. The second-order valence-electron chi connectivity index (χ2n) is 4.02. The largest absolute Gasteiger partial charge is 0.383 e. The Morgan fingerprint density at radius 1 is 1.50 bits per heavy atom. The number of halogens is 2. The highest BCUT2D eigenvalue weighted by molar-refractivity contribution is 6.30. The van der Waals surface area contributed by atoms with Gasteiger partial charge in [-0.05, 0) is 12.6 Å². The maximum absolute atomic E-state index is 14.0. The van der Waals surface area contributed by atoms with Crippen LogP contribution in [0, 0.1) is 5.82 Å². The average molecular weight is 275 g/mol. The molecule has 1 aromatic carbocycles. The van der Waals surface area contributed by atoms with Gasteiger partial charge in [0.15, 0.2) is 0 Å². The minimum absolute atomic E-state index is 0.133. The Balaban J connectivity index is 2.96. The molecule has 0 aromatic heterocycles. The van der Waals surface area contributed by atoms with E-state index in [4.69, 9.17) is 22.1 Å². The van der Waals surface area contributed by atoms with Crippen molar-refractivity contribution in [1.29, 1.82) is 0 Å². The van der Waals surface area contributed by atoms with Crippen molar-refractivity contribution in [2.45, 2.75) is 13.0 Å². The summed E-state index contributed by atoms with van der Waals surface area (Å²) in [7, 11) is 1.64. The molecule has 0 radical (unpaired) electrons. The lowest BCUT2D eigenvalue weighted by molar-refractivity contribution is 0.124. The standard InChI is InChI=1S/C13H20ClFN2O/c1-3-17(7-8-18-2)12(9-16)10-5-4-6-11(14)13(10)15/h4-6,12H,3,7-9,16H2,1-2H3. The number of ether oxygens (including phenoxy) is 1. The van der Waals surface area contributed by atoms with Crippen LogP contribution in [0.4, 0.5) is 4.39 Å². The van der Waals surface area contributed by atoms with E-state index in [9.17, 15) is 4.39 Å². The molecular formula is C13H20ClFN2O. The molecule has 1 unspecified atom stereocenters. The highest BCUT2D eigenvalue weighted by Crippen LogP contribution is 2.26. The molecule has 2 N–H and O–H groups in total. The Bertz CT molecular complexity index is 376. The monoisotopic (exact) mass is 274 g/mol. The van der Waals surface area contributed by atoms with E-state index in [1.165, 1.54) is 0 Å². The lowest BCUT2D eigenvalue weighted by atomic mass is 10.0. The van der Waals surface area contributed by atoms with Crippen molar-refractivity contribution in [2.75, 3.05) is 33.4 Å². The van der Waals surface area contributed by atoms with Gasteiger partial charge >= 0.3 is 0 Å². The third-order valence-electron chi connectivity index (χ3n) is 2.99. The molecule has 5 heteroatoms. The normalized spacial score (nSPS) is 13.0. The van der Waals surface area contributed by atoms with Crippen LogP contribution in [0.1, 0.15) is 18.5 Å². The fraction of sp³-hybridized carbons (Fsp3) is 0.538. The van der Waals surface area contributed by atoms with Crippen molar-refractivity contribution >= 4 is 11.6 Å². The van der Waals surface area contributed by atoms with Gasteiger partial charge in [-0.3, -0.25) is 4.90 Å². The van der Waals surface area contributed by atoms with E-state index in [0.29, 0.717) is 25.3 Å². The molecule has 102 valence electrons. The number of hydrogen-bond donors (Lipinski definition) is 1. The summed E-state index contributed by atoms with van der Waals surface area (Å²) >= 11 is 5.81. The molecular weight excluding hydrogens is 255 g/mol. The summed E-state index contributed by atoms with van der Waals surface area (Å²) in [4.78, 5) is 2.08. The molecule has 0 aliphatic carbocycles. The summed E-state index contributed by atoms with van der Waals surface area (Å²) in [5, 5.41) is 0.133. The molecule has 0 saturated heterocycles. The van der Waals surface area contributed by atoms with E-state index in [2.05, 4.69) is 4.90 Å². The van der Waals surface area contributed by atoms with Crippen LogP contribution >= 0.6 is 11.6 Å². The summed E-state index contributed by atoms with van der Waals surface area (Å²) in [6, 6.07) is 4.84. The third-order valence-corrected chi connectivity index (χ3v) is 3.29. The molecule has 0 aliphatic rings. The zero-order chi connectivity index (χ0) is 13.5. The highest BCUT2D eigenvalue weighted by atomic mass is 35.5. The van der Waals surface area contributed by atoms with Crippen molar-refractivity contribution in [2.24, 2.45) is 5.73 Å². The van der Waals surface area contributed by atoms with Crippen LogP contribution in [0.15, 0.2) is 18.2 Å². The van der Waals surface area contributed by atoms with Gasteiger partial charge in [0.25, 0.3) is 0 Å². The minimum atomic E-state index is -0.384. The molecule has 1 atom stereocenters. The molecule has 0 aliphatic heterocycles. The van der Waals surface area contributed by atoms with Crippen LogP contribution in [0.5, 0.6) is 0 Å². The van der Waals surface area contributed by atoms with Gasteiger partial charge in [0.05, 0.1) is 17.7 Å². The van der Waals surface area contributed by atoms with Crippen LogP contribution in [-0.2, 0) is 4.74 Å². The maximum Gasteiger partial charge on any atom is 0.146 e. The van der Waals surface area contributed by atoms with E-state index in [1.54, 1.807) is 25.3 Å². The van der Waals surface area contributed by atoms with E-state index in [1.807, 2.05) is 6.92 Å². The summed E-state index contributed by atoms with van der Waals surface area (Å²) in [5.41, 5.74) is 6.32. The molecule has 0 bridgehead atoms. The summed E-state index contributed by atoms with van der Waals surface area (Å²) in [6.45, 7) is 4.43. The maximum atomic E-state index is 14.0. The summed E-state index contributed by atoms with van der Waals surface area (Å²) in [5.74, 6) is -0.384. The second-order valence-corrected chi connectivity index (χ2v) is 4.42. The first kappa shape index (κ1) is 15.4. The van der Waals surface area contributed by atoms with Crippen LogP contribution in [0.2, 0.25) is 5.02 Å². The first-order valence-electron chi connectivity index (χ1n) is 6.02. The number of methoxy groups -OCH3 is 1. The molecule has 1 rings (SSSR count). The summed E-state index contributed by atoms with van der Waals surface area (Å²) < 4.78 is 19.1. The molecule has 0 saturated carbocycles. The molecule has 0 spiro atoms. The van der Waals surface area contributed by atoms with E-state index >= 15 is 0 Å². The Morgan fingerprint density at radius 2 is 2.22 bits per heavy atom. The van der Waals surface area contributed by atoms with Gasteiger partial charge < -0.3 is 10.5 Å². The fourth-order valence-corrected chi connectivity index (χ4v) is 2.18. The van der Waals surface area contributed by atoms with Gasteiger partial charge in [-0.2, -0.15) is 0 Å². The number of nitrogens with zero attached hydrogens (tertiary/aromatic N) is 1. The zero-order valence-electron chi connectivity index (χ0n) is 10.8. The van der Waals surface area contributed by atoms with Gasteiger partial charge in [-0.25, -0.2) is 4.39 Å². The van der Waals surface area contributed by atoms with Gasteiger partial charge in [0.2, 0.25) is 0 Å². The minimum Gasteiger partial charge on any atom is -0.383 e. The molecule has 0 amide bonds. The Kier molecular flexibility index (Phi) is 6.57. The molecule has 0 heterocycles. The Morgan fingerprint density at radius 3 is 2.78 bits per heavy atom. The molecule has 18 heavy (non-hydrogen) atoms. The second kappa shape index (κ2) is 7.69.